The smallest absolute Gasteiger partial charge is 0.509 e. The summed E-state index contributed by atoms with van der Waals surface area (Å²) < 4.78 is 11.0. The topological polar surface area (TPSA) is 44.9 Å². The summed E-state index contributed by atoms with van der Waals surface area (Å²) in [5.41, 5.74) is 12.6. The van der Waals surface area contributed by atoms with E-state index in [2.05, 4.69) is 150 Å². The molecule has 0 unspecified atom stereocenters. The van der Waals surface area contributed by atoms with Crippen LogP contribution in [0.2, 0.25) is 0 Å². The molecule has 0 fully saturated rings. The van der Waals surface area contributed by atoms with Gasteiger partial charge >= 0.3 is 20.4 Å². The molecule has 0 atom stereocenters. The summed E-state index contributed by atoms with van der Waals surface area (Å²) in [6, 6.07) is 35.0. The second-order valence-corrected chi connectivity index (χ2v) is 14.1. The summed E-state index contributed by atoms with van der Waals surface area (Å²) in [6.07, 6.45) is 5.01. The normalized spacial score (nSPS) is 11.6. The molecular weight excluding hydrogens is 719 g/mol. The van der Waals surface area contributed by atoms with Gasteiger partial charge in [0, 0.05) is 34.5 Å². The Morgan fingerprint density at radius 1 is 0.745 bits per heavy atom. The largest absolute Gasteiger partial charge is 2.00 e. The van der Waals surface area contributed by atoms with Gasteiger partial charge in [-0.15, -0.1) is 41.3 Å². The van der Waals surface area contributed by atoms with E-state index >= 15 is 0 Å². The van der Waals surface area contributed by atoms with Crippen molar-refractivity contribution in [2.24, 2.45) is 0 Å². The zero-order valence-electron chi connectivity index (χ0n) is 30.9. The van der Waals surface area contributed by atoms with Crippen molar-refractivity contribution in [2.75, 3.05) is 0 Å². The zero-order valence-corrected chi connectivity index (χ0v) is 32.4. The molecule has 0 spiro atoms. The first kappa shape index (κ1) is 36.3. The van der Waals surface area contributed by atoms with Crippen LogP contribution in [0.25, 0.3) is 44.4 Å². The molecule has 0 saturated carbocycles. The minimum absolute atomic E-state index is 0. The van der Waals surface area contributed by atoms with E-state index in [0.29, 0.717) is 17.4 Å². The summed E-state index contributed by atoms with van der Waals surface area (Å²) in [4.78, 5) is 4.81. The van der Waals surface area contributed by atoms with Crippen molar-refractivity contribution in [2.45, 2.75) is 86.5 Å². The van der Waals surface area contributed by atoms with Crippen molar-refractivity contribution >= 4 is 21.8 Å². The van der Waals surface area contributed by atoms with E-state index in [1.54, 1.807) is 0 Å². The number of pyridine rings is 1. The standard InChI is InChI=1S/C45H46N4O.Pd/c1-9-10-17-41-45(44-30(6)14-13-15-31(44)7)32(8)47-49(41)35-23-34(29(4)5)24-37(26-35)50-36-19-20-39-38-16-11-12-18-40(38)48(42(39)27-36)43-25-33(28(2)3)21-22-46-43;/h11-16,18-25,28-29H,9-10,17H2,1-8H3;/q-2;+2. The number of aromatic nitrogens is 4. The molecular formula is C45H46N4OPd. The Kier molecular flexibility index (Phi) is 10.7. The van der Waals surface area contributed by atoms with Crippen LogP contribution in [0.3, 0.4) is 0 Å². The molecule has 4 aromatic carbocycles. The number of fused-ring (bicyclic) bond motifs is 3. The minimum atomic E-state index is 0. The molecule has 0 N–H and O–H groups in total. The van der Waals surface area contributed by atoms with Gasteiger partial charge in [0.2, 0.25) is 0 Å². The fourth-order valence-corrected chi connectivity index (χ4v) is 7.14. The molecule has 0 radical (unpaired) electrons. The number of rotatable bonds is 10. The first-order chi connectivity index (χ1) is 24.1. The minimum Gasteiger partial charge on any atom is -0.509 e. The fraction of sp³-hybridized carbons (Fsp3) is 0.289. The SMILES string of the molecule is CCCCc1c(-c2c(C)cccc2C)c(C)nn1-c1[c-]c(Oc2[c-]c3c(cc2)c2ccccc2n3-c2cc(C(C)C)ccn2)cc(C(C)C)c1.[Pd+2]. The van der Waals surface area contributed by atoms with Crippen LogP contribution in [0.4, 0.5) is 0 Å². The monoisotopic (exact) mass is 764 g/mol. The second kappa shape index (κ2) is 15.0. The summed E-state index contributed by atoms with van der Waals surface area (Å²) >= 11 is 0. The molecule has 0 aliphatic carbocycles. The third-order valence-corrected chi connectivity index (χ3v) is 9.84. The van der Waals surface area contributed by atoms with Crippen molar-refractivity contribution < 1.29 is 25.2 Å². The van der Waals surface area contributed by atoms with Gasteiger partial charge in [-0.05, 0) is 97.0 Å². The Hall–Kier alpha value is -4.50. The summed E-state index contributed by atoms with van der Waals surface area (Å²) in [6.45, 7) is 17.6. The molecule has 262 valence electrons. The molecule has 6 heteroatoms. The van der Waals surface area contributed by atoms with E-state index in [9.17, 15) is 0 Å². The predicted molar refractivity (Wildman–Crippen MR) is 206 cm³/mol. The van der Waals surface area contributed by atoms with Crippen LogP contribution in [0.1, 0.15) is 92.9 Å². The maximum atomic E-state index is 6.68. The molecule has 0 amide bonds. The van der Waals surface area contributed by atoms with Crippen molar-refractivity contribution in [1.82, 2.24) is 19.3 Å². The van der Waals surface area contributed by atoms with E-state index in [1.165, 1.54) is 39.1 Å². The van der Waals surface area contributed by atoms with Crippen LogP contribution < -0.4 is 4.74 Å². The van der Waals surface area contributed by atoms with E-state index < -0.39 is 0 Å². The molecule has 3 heterocycles. The first-order valence-electron chi connectivity index (χ1n) is 18.0. The number of hydrogen-bond acceptors (Lipinski definition) is 3. The molecule has 0 bridgehead atoms. The zero-order chi connectivity index (χ0) is 35.1. The van der Waals surface area contributed by atoms with Crippen LogP contribution in [0, 0.1) is 32.9 Å². The van der Waals surface area contributed by atoms with Gasteiger partial charge < -0.3 is 9.30 Å². The fourth-order valence-electron chi connectivity index (χ4n) is 7.14. The number of para-hydroxylation sites is 1. The molecule has 3 aromatic heterocycles. The Bertz CT molecular complexity index is 2320. The maximum absolute atomic E-state index is 6.68. The number of aryl methyl sites for hydroxylation is 3. The molecule has 0 aliphatic rings. The van der Waals surface area contributed by atoms with Crippen molar-refractivity contribution in [3.8, 4) is 34.1 Å². The average Bonchev–Trinajstić information content (AvgIpc) is 3.61. The van der Waals surface area contributed by atoms with Gasteiger partial charge in [0.05, 0.1) is 5.69 Å². The van der Waals surface area contributed by atoms with Crippen molar-refractivity contribution in [1.29, 1.82) is 0 Å². The van der Waals surface area contributed by atoms with Crippen LogP contribution in [-0.2, 0) is 26.8 Å². The van der Waals surface area contributed by atoms with Gasteiger partial charge in [0.1, 0.15) is 5.82 Å². The number of ether oxygens (including phenoxy) is 1. The van der Waals surface area contributed by atoms with Crippen LogP contribution in [-0.4, -0.2) is 19.3 Å². The van der Waals surface area contributed by atoms with Crippen LogP contribution in [0.5, 0.6) is 11.5 Å². The Balaban J connectivity index is 0.00000448. The number of hydrogen-bond donors (Lipinski definition) is 0. The molecule has 7 rings (SSSR count). The van der Waals surface area contributed by atoms with E-state index in [0.717, 1.165) is 58.3 Å². The number of nitrogens with zero attached hydrogens (tertiary/aromatic N) is 4. The van der Waals surface area contributed by atoms with Gasteiger partial charge in [-0.1, -0.05) is 83.0 Å². The van der Waals surface area contributed by atoms with Gasteiger partial charge in [-0.2, -0.15) is 11.2 Å². The number of benzene rings is 4. The third kappa shape index (κ3) is 6.93. The first-order valence-corrected chi connectivity index (χ1v) is 18.0. The van der Waals surface area contributed by atoms with Crippen molar-refractivity contribution in [3.63, 3.8) is 0 Å². The summed E-state index contributed by atoms with van der Waals surface area (Å²) in [7, 11) is 0. The molecule has 5 nitrogen and oxygen atoms in total. The van der Waals surface area contributed by atoms with Gasteiger partial charge in [-0.25, -0.2) is 4.98 Å². The van der Waals surface area contributed by atoms with E-state index in [-0.39, 0.29) is 26.3 Å². The number of unbranched alkanes of at least 4 members (excludes halogenated alkanes) is 1. The Labute approximate surface area is 316 Å². The predicted octanol–water partition coefficient (Wildman–Crippen LogP) is 11.9. The van der Waals surface area contributed by atoms with E-state index in [1.807, 2.05) is 12.3 Å². The van der Waals surface area contributed by atoms with Crippen LogP contribution in [0.15, 0.2) is 85.1 Å². The summed E-state index contributed by atoms with van der Waals surface area (Å²) in [5.74, 6) is 2.83. The molecule has 0 aliphatic heterocycles. The maximum Gasteiger partial charge on any atom is 2.00 e. The summed E-state index contributed by atoms with van der Waals surface area (Å²) in [5, 5.41) is 7.45. The Morgan fingerprint density at radius 2 is 1.49 bits per heavy atom. The molecule has 51 heavy (non-hydrogen) atoms. The third-order valence-electron chi connectivity index (χ3n) is 9.84. The molecule has 7 aromatic rings. The van der Waals surface area contributed by atoms with Gasteiger partial charge in [-0.3, -0.25) is 4.68 Å². The quantitative estimate of drug-likeness (QED) is 0.103. The Morgan fingerprint density at radius 3 is 2.22 bits per heavy atom. The second-order valence-electron chi connectivity index (χ2n) is 14.1. The van der Waals surface area contributed by atoms with Crippen molar-refractivity contribution in [3.05, 3.63) is 131 Å². The van der Waals surface area contributed by atoms with E-state index in [4.69, 9.17) is 14.8 Å². The van der Waals surface area contributed by atoms with Gasteiger partial charge in [0.15, 0.2) is 0 Å². The molecule has 0 saturated heterocycles. The van der Waals surface area contributed by atoms with Crippen LogP contribution >= 0.6 is 0 Å². The van der Waals surface area contributed by atoms with Gasteiger partial charge in [0.25, 0.3) is 0 Å². The average molecular weight is 765 g/mol.